The van der Waals surface area contributed by atoms with Gasteiger partial charge in [-0.2, -0.15) is 0 Å². The Morgan fingerprint density at radius 2 is 2.00 bits per heavy atom. The van der Waals surface area contributed by atoms with Crippen LogP contribution in [0.5, 0.6) is 0 Å². The number of hydrogen-bond acceptors (Lipinski definition) is 2. The van der Waals surface area contributed by atoms with Crippen LogP contribution in [-0.4, -0.2) is 32.9 Å². The minimum atomic E-state index is -0.0377. The summed E-state index contributed by atoms with van der Waals surface area (Å²) in [6, 6.07) is 9.14. The molecule has 1 saturated carbocycles. The Kier molecular flexibility index (Phi) is 5.25. The van der Waals surface area contributed by atoms with Gasteiger partial charge in [0.2, 0.25) is 0 Å². The van der Waals surface area contributed by atoms with Gasteiger partial charge in [0.15, 0.2) is 0 Å². The summed E-state index contributed by atoms with van der Waals surface area (Å²) in [4.78, 5) is 4.80. The zero-order valence-corrected chi connectivity index (χ0v) is 12.6. The van der Waals surface area contributed by atoms with E-state index in [-0.39, 0.29) is 15.0 Å². The van der Waals surface area contributed by atoms with Crippen molar-refractivity contribution in [2.45, 2.75) is 44.7 Å². The van der Waals surface area contributed by atoms with E-state index in [1.807, 2.05) is 6.07 Å². The van der Waals surface area contributed by atoms with E-state index in [1.165, 1.54) is 42.1 Å². The zero-order valence-electron chi connectivity index (χ0n) is 10.9. The Balaban J connectivity index is 2.01. The van der Waals surface area contributed by atoms with Crippen molar-refractivity contribution in [2.24, 2.45) is 0 Å². The van der Waals surface area contributed by atoms with E-state index in [1.54, 1.807) is 0 Å². The van der Waals surface area contributed by atoms with Crippen LogP contribution in [0, 0.1) is 10.2 Å². The molecule has 2 nitrogen and oxygen atoms in total. The molecule has 0 amide bonds. The summed E-state index contributed by atoms with van der Waals surface area (Å²) < 4.78 is 1.25. The molecule has 0 unspecified atom stereocenters. The van der Waals surface area contributed by atoms with Crippen molar-refractivity contribution in [1.82, 2.24) is 4.90 Å². The predicted molar refractivity (Wildman–Crippen MR) is 75.8 cm³/mol. The first-order valence-electron chi connectivity index (χ1n) is 6.65. The minimum absolute atomic E-state index is 0.0377. The van der Waals surface area contributed by atoms with Crippen molar-refractivity contribution in [3.63, 3.8) is 0 Å². The topological polar surface area (TPSA) is 27.0 Å². The van der Waals surface area contributed by atoms with Crippen molar-refractivity contribution in [2.75, 3.05) is 7.05 Å². The maximum atomic E-state index is 8.89. The average Bonchev–Trinajstić information content (AvgIpc) is 2.42. The Morgan fingerprint density at radius 1 is 1.28 bits per heavy atom. The van der Waals surface area contributed by atoms with Gasteiger partial charge < -0.3 is 0 Å². The van der Waals surface area contributed by atoms with E-state index in [0.717, 1.165) is 12.6 Å². The summed E-state index contributed by atoms with van der Waals surface area (Å²) in [5.41, 5.74) is 1.34. The van der Waals surface area contributed by atoms with E-state index >= 15 is 0 Å². The SMILES string of the molecule is CN(Cc1ccccc1[Se]C#N)C1CCCCC1. The van der Waals surface area contributed by atoms with Gasteiger partial charge in [-0.15, -0.1) is 0 Å². The first kappa shape index (κ1) is 13.6. The molecule has 0 aromatic heterocycles. The van der Waals surface area contributed by atoms with Crippen LogP contribution in [0.25, 0.3) is 0 Å². The van der Waals surface area contributed by atoms with Crippen molar-refractivity contribution >= 4 is 19.4 Å². The van der Waals surface area contributed by atoms with Crippen LogP contribution in [-0.2, 0) is 6.54 Å². The summed E-state index contributed by atoms with van der Waals surface area (Å²) in [7, 11) is 2.23. The van der Waals surface area contributed by atoms with Gasteiger partial charge in [0.1, 0.15) is 0 Å². The predicted octanol–water partition coefficient (Wildman–Crippen LogP) is 2.26. The third kappa shape index (κ3) is 3.59. The molecule has 1 aliphatic carbocycles. The molecule has 0 spiro atoms. The Labute approximate surface area is 116 Å². The van der Waals surface area contributed by atoms with Gasteiger partial charge in [0, 0.05) is 0 Å². The number of benzene rings is 1. The number of hydrogen-bond donors (Lipinski definition) is 0. The van der Waals surface area contributed by atoms with Gasteiger partial charge in [-0.25, -0.2) is 0 Å². The van der Waals surface area contributed by atoms with Gasteiger partial charge in [0.05, 0.1) is 0 Å². The molecule has 0 aliphatic heterocycles. The summed E-state index contributed by atoms with van der Waals surface area (Å²) in [6.45, 7) is 0.990. The number of nitriles is 1. The van der Waals surface area contributed by atoms with Gasteiger partial charge >= 0.3 is 116 Å². The van der Waals surface area contributed by atoms with Crippen LogP contribution >= 0.6 is 0 Å². The normalized spacial score (nSPS) is 16.7. The molecule has 0 bridgehead atoms. The van der Waals surface area contributed by atoms with Crippen molar-refractivity contribution in [1.29, 1.82) is 5.26 Å². The summed E-state index contributed by atoms with van der Waals surface area (Å²) >= 11 is -0.0377. The van der Waals surface area contributed by atoms with Crippen LogP contribution in [0.4, 0.5) is 0 Å². The van der Waals surface area contributed by atoms with E-state index in [2.05, 4.69) is 35.1 Å². The fraction of sp³-hybridized carbons (Fsp3) is 0.533. The summed E-state index contributed by atoms with van der Waals surface area (Å²) in [5.74, 6) is 0. The van der Waals surface area contributed by atoms with E-state index in [0.29, 0.717) is 0 Å². The molecular formula is C15H20N2Se. The van der Waals surface area contributed by atoms with Gasteiger partial charge in [0.25, 0.3) is 0 Å². The molecule has 18 heavy (non-hydrogen) atoms. The quantitative estimate of drug-likeness (QED) is 0.798. The molecule has 0 radical (unpaired) electrons. The number of nitrogens with zero attached hydrogens (tertiary/aromatic N) is 2. The molecule has 1 aromatic rings. The second-order valence-electron chi connectivity index (χ2n) is 5.01. The second kappa shape index (κ2) is 6.95. The molecule has 0 N–H and O–H groups in total. The second-order valence-corrected chi connectivity index (χ2v) is 6.74. The van der Waals surface area contributed by atoms with E-state index in [4.69, 9.17) is 5.26 Å². The molecule has 1 aromatic carbocycles. The molecule has 1 fully saturated rings. The van der Waals surface area contributed by atoms with Gasteiger partial charge in [-0.1, -0.05) is 0 Å². The van der Waals surface area contributed by atoms with Crippen LogP contribution in [0.15, 0.2) is 24.3 Å². The van der Waals surface area contributed by atoms with Crippen molar-refractivity contribution in [3.05, 3.63) is 29.8 Å². The number of rotatable bonds is 4. The Bertz CT molecular complexity index is 419. The van der Waals surface area contributed by atoms with Crippen molar-refractivity contribution in [3.8, 4) is 4.97 Å². The molecular weight excluding hydrogens is 287 g/mol. The van der Waals surface area contributed by atoms with E-state index < -0.39 is 0 Å². The van der Waals surface area contributed by atoms with Crippen molar-refractivity contribution < 1.29 is 0 Å². The van der Waals surface area contributed by atoms with Crippen LogP contribution in [0.2, 0.25) is 0 Å². The fourth-order valence-corrected chi connectivity index (χ4v) is 3.77. The molecule has 0 atom stereocenters. The molecule has 96 valence electrons. The van der Waals surface area contributed by atoms with Crippen LogP contribution < -0.4 is 4.46 Å². The van der Waals surface area contributed by atoms with Crippen LogP contribution in [0.1, 0.15) is 37.7 Å². The first-order valence-corrected chi connectivity index (χ1v) is 8.36. The van der Waals surface area contributed by atoms with Crippen LogP contribution in [0.3, 0.4) is 0 Å². The summed E-state index contributed by atoms with van der Waals surface area (Å²) in [6.07, 6.45) is 6.82. The average molecular weight is 307 g/mol. The van der Waals surface area contributed by atoms with E-state index in [9.17, 15) is 0 Å². The Morgan fingerprint density at radius 3 is 2.72 bits per heavy atom. The first-order chi connectivity index (χ1) is 8.81. The third-order valence-electron chi connectivity index (χ3n) is 3.75. The zero-order chi connectivity index (χ0) is 12.8. The van der Waals surface area contributed by atoms with Gasteiger partial charge in [-0.3, -0.25) is 0 Å². The summed E-state index contributed by atoms with van der Waals surface area (Å²) in [5, 5.41) is 8.89. The Hall–Kier alpha value is -0.811. The molecule has 0 saturated heterocycles. The van der Waals surface area contributed by atoms with Gasteiger partial charge in [-0.05, 0) is 0 Å². The standard InChI is InChI=1S/C15H20N2Se/c1-17(14-8-3-2-4-9-14)11-13-7-5-6-10-15(13)18-12-16/h5-7,10,14H,2-4,8-9,11H2,1H3. The molecule has 2 rings (SSSR count). The monoisotopic (exact) mass is 308 g/mol. The molecule has 0 heterocycles. The molecule has 1 aliphatic rings. The maximum absolute atomic E-state index is 8.89. The fourth-order valence-electron chi connectivity index (χ4n) is 2.70. The third-order valence-corrected chi connectivity index (χ3v) is 5.23. The molecule has 3 heteroatoms.